The third kappa shape index (κ3) is 1.87. The van der Waals surface area contributed by atoms with Gasteiger partial charge in [-0.2, -0.15) is 4.48 Å². The van der Waals surface area contributed by atoms with Gasteiger partial charge in [0.25, 0.3) is 0 Å². The Morgan fingerprint density at radius 1 is 1.45 bits per heavy atom. The van der Waals surface area contributed by atoms with Gasteiger partial charge in [0.15, 0.2) is 0 Å². The number of aliphatic carboxylic acids is 1. The highest BCUT2D eigenvalue weighted by molar-refractivity contribution is 5.94. The van der Waals surface area contributed by atoms with E-state index in [0.29, 0.717) is 5.82 Å². The number of rotatable bonds is 2. The van der Waals surface area contributed by atoms with Gasteiger partial charge in [-0.15, -0.1) is 0 Å². The van der Waals surface area contributed by atoms with Crippen LogP contribution in [0.3, 0.4) is 0 Å². The molecule has 0 spiro atoms. The molecule has 2 unspecified atom stereocenters. The molecule has 1 aromatic heterocycles. The molecule has 0 aliphatic carbocycles. The average molecular weight is 277 g/mol. The Labute approximate surface area is 118 Å². The van der Waals surface area contributed by atoms with Crippen LogP contribution in [0, 0.1) is 0 Å². The van der Waals surface area contributed by atoms with E-state index in [0.717, 1.165) is 0 Å². The minimum Gasteiger partial charge on any atom is -0.548 e. The Bertz CT molecular complexity index is 538. The Morgan fingerprint density at radius 3 is 2.50 bits per heavy atom. The normalized spacial score (nSPS) is 26.9. The molecule has 0 aromatic carbocycles. The fraction of sp³-hybridized carbons (Fsp3) is 0.500. The van der Waals surface area contributed by atoms with Crippen molar-refractivity contribution in [2.75, 3.05) is 13.6 Å². The quantitative estimate of drug-likeness (QED) is 0.732. The molecule has 1 aliphatic rings. The van der Waals surface area contributed by atoms with Crippen LogP contribution in [-0.2, 0) is 4.79 Å². The minimum atomic E-state index is -1.24. The van der Waals surface area contributed by atoms with Crippen LogP contribution in [0.5, 0.6) is 0 Å². The van der Waals surface area contributed by atoms with Crippen molar-refractivity contribution in [3.05, 3.63) is 24.4 Å². The van der Waals surface area contributed by atoms with Crippen molar-refractivity contribution in [2.24, 2.45) is 0 Å². The van der Waals surface area contributed by atoms with E-state index in [1.807, 2.05) is 20.8 Å². The number of carboxylic acids is 1. The molecule has 1 saturated heterocycles. The molecule has 2 heterocycles. The van der Waals surface area contributed by atoms with Crippen LogP contribution in [0.25, 0.3) is 0 Å². The Hall–Kier alpha value is -1.95. The third-order valence-electron chi connectivity index (χ3n) is 4.00. The lowest BCUT2D eigenvalue weighted by Gasteiger charge is -2.40. The number of pyridine rings is 1. The maximum Gasteiger partial charge on any atom is 0.426 e. The number of urea groups is 1. The zero-order valence-corrected chi connectivity index (χ0v) is 12.2. The molecule has 0 N–H and O–H groups in total. The van der Waals surface area contributed by atoms with Crippen molar-refractivity contribution in [1.82, 2.24) is 14.4 Å². The van der Waals surface area contributed by atoms with Gasteiger partial charge in [0.1, 0.15) is 18.1 Å². The lowest BCUT2D eigenvalue weighted by molar-refractivity contribution is -0.309. The number of amides is 2. The van der Waals surface area contributed by atoms with E-state index < -0.39 is 17.6 Å². The highest BCUT2D eigenvalue weighted by Crippen LogP contribution is 2.38. The van der Waals surface area contributed by atoms with E-state index in [2.05, 4.69) is 4.98 Å². The molecular weight excluding hydrogens is 258 g/mol. The standard InChI is InChI=1S/C14H19N3O3/c1-14(2,3)17(11-7-5-6-8-15-11)9-10(12(18)19)16(4)13(17)20/h5-8,10H,9H2,1-4H3. The van der Waals surface area contributed by atoms with Crippen molar-refractivity contribution in [1.29, 1.82) is 0 Å². The molecule has 2 amide bonds. The Kier molecular flexibility index (Phi) is 3.29. The lowest BCUT2D eigenvalue weighted by Crippen LogP contribution is -2.64. The zero-order chi connectivity index (χ0) is 15.1. The predicted molar refractivity (Wildman–Crippen MR) is 72.6 cm³/mol. The van der Waals surface area contributed by atoms with Gasteiger partial charge >= 0.3 is 6.03 Å². The van der Waals surface area contributed by atoms with Gasteiger partial charge in [-0.3, -0.25) is 4.90 Å². The van der Waals surface area contributed by atoms with E-state index in [4.69, 9.17) is 0 Å². The van der Waals surface area contributed by atoms with E-state index in [1.54, 1.807) is 24.4 Å². The van der Waals surface area contributed by atoms with Crippen molar-refractivity contribution < 1.29 is 14.7 Å². The highest BCUT2D eigenvalue weighted by atomic mass is 16.4. The second kappa shape index (κ2) is 4.56. The van der Waals surface area contributed by atoms with Crippen LogP contribution in [0.2, 0.25) is 0 Å². The van der Waals surface area contributed by atoms with E-state index >= 15 is 0 Å². The number of carboxylic acid groups (broad SMARTS) is 1. The molecule has 0 bridgehead atoms. The van der Waals surface area contributed by atoms with Crippen molar-refractivity contribution in [3.8, 4) is 0 Å². The molecule has 6 nitrogen and oxygen atoms in total. The number of aromatic nitrogens is 1. The molecule has 108 valence electrons. The topological polar surface area (TPSA) is 73.3 Å². The number of carbonyl (C=O) groups is 2. The summed E-state index contributed by atoms with van der Waals surface area (Å²) in [7, 11) is 1.50. The number of hydrogen-bond donors (Lipinski definition) is 0. The summed E-state index contributed by atoms with van der Waals surface area (Å²) < 4.78 is -0.122. The smallest absolute Gasteiger partial charge is 0.426 e. The van der Waals surface area contributed by atoms with Crippen molar-refractivity contribution >= 4 is 17.8 Å². The summed E-state index contributed by atoms with van der Waals surface area (Å²) >= 11 is 0. The molecule has 1 aliphatic heterocycles. The molecule has 2 rings (SSSR count). The number of quaternary nitrogens is 1. The van der Waals surface area contributed by atoms with Gasteiger partial charge in [-0.25, -0.2) is 9.78 Å². The van der Waals surface area contributed by atoms with Crippen LogP contribution in [-0.4, -0.2) is 47.1 Å². The van der Waals surface area contributed by atoms with Gasteiger partial charge in [-0.05, 0) is 26.8 Å². The summed E-state index contributed by atoms with van der Waals surface area (Å²) in [5, 5.41) is 11.3. The van der Waals surface area contributed by atoms with Gasteiger partial charge in [-0.1, -0.05) is 6.07 Å². The maximum atomic E-state index is 12.8. The van der Waals surface area contributed by atoms with Crippen LogP contribution in [0.4, 0.5) is 10.6 Å². The average Bonchev–Trinajstić information content (AvgIpc) is 2.64. The van der Waals surface area contributed by atoms with Gasteiger partial charge < -0.3 is 9.90 Å². The maximum absolute atomic E-state index is 12.8. The molecule has 20 heavy (non-hydrogen) atoms. The van der Waals surface area contributed by atoms with E-state index in [-0.39, 0.29) is 17.1 Å². The number of likely N-dealkylation sites (N-methyl/N-ethyl adjacent to an activating group) is 1. The predicted octanol–water partition coefficient (Wildman–Crippen LogP) is 0.371. The second-order valence-corrected chi connectivity index (χ2v) is 6.08. The second-order valence-electron chi connectivity index (χ2n) is 6.08. The van der Waals surface area contributed by atoms with E-state index in [9.17, 15) is 14.7 Å². The number of carbonyl (C=O) groups excluding carboxylic acids is 2. The largest absolute Gasteiger partial charge is 0.548 e. The fourth-order valence-corrected chi connectivity index (χ4v) is 2.77. The molecular formula is C14H19N3O3. The molecule has 2 atom stereocenters. The van der Waals surface area contributed by atoms with Crippen LogP contribution in [0.15, 0.2) is 24.4 Å². The minimum absolute atomic E-state index is 0.122. The monoisotopic (exact) mass is 277 g/mol. The molecule has 0 radical (unpaired) electrons. The van der Waals surface area contributed by atoms with Crippen LogP contribution in [0.1, 0.15) is 20.8 Å². The summed E-state index contributed by atoms with van der Waals surface area (Å²) in [5.41, 5.74) is -0.510. The number of hydrogen-bond acceptors (Lipinski definition) is 4. The van der Waals surface area contributed by atoms with Crippen molar-refractivity contribution in [3.63, 3.8) is 0 Å². The lowest BCUT2D eigenvalue weighted by atomic mass is 10.0. The first-order chi connectivity index (χ1) is 9.22. The summed E-state index contributed by atoms with van der Waals surface area (Å²) in [4.78, 5) is 29.6. The van der Waals surface area contributed by atoms with Crippen LogP contribution >= 0.6 is 0 Å². The van der Waals surface area contributed by atoms with Crippen LogP contribution < -0.4 is 9.59 Å². The molecule has 1 fully saturated rings. The molecule has 6 heteroatoms. The molecule has 0 saturated carbocycles. The summed E-state index contributed by atoms with van der Waals surface area (Å²) in [6.07, 6.45) is 1.61. The fourth-order valence-electron chi connectivity index (χ4n) is 2.77. The number of nitrogens with zero attached hydrogens (tertiary/aromatic N) is 3. The zero-order valence-electron chi connectivity index (χ0n) is 12.2. The first kappa shape index (κ1) is 14.5. The summed E-state index contributed by atoms with van der Waals surface area (Å²) in [6.45, 7) is 5.85. The Morgan fingerprint density at radius 2 is 2.10 bits per heavy atom. The van der Waals surface area contributed by atoms with Gasteiger partial charge in [0, 0.05) is 19.3 Å². The first-order valence-electron chi connectivity index (χ1n) is 6.50. The third-order valence-corrected chi connectivity index (χ3v) is 4.00. The van der Waals surface area contributed by atoms with Crippen molar-refractivity contribution in [2.45, 2.75) is 32.4 Å². The SMILES string of the molecule is CN1C(=O)[N+](c2ccccn2)(C(C)(C)C)CC1C(=O)[O-]. The first-order valence-corrected chi connectivity index (χ1v) is 6.50. The van der Waals surface area contributed by atoms with E-state index in [1.165, 1.54) is 11.9 Å². The summed E-state index contributed by atoms with van der Waals surface area (Å²) in [5.74, 6) is -0.679. The van der Waals surface area contributed by atoms with Gasteiger partial charge in [0.2, 0.25) is 5.82 Å². The Balaban J connectivity index is 2.62. The molecule has 1 aromatic rings. The van der Waals surface area contributed by atoms with Gasteiger partial charge in [0.05, 0.1) is 5.97 Å². The summed E-state index contributed by atoms with van der Waals surface area (Å²) in [6, 6.07) is 4.11. The highest BCUT2D eigenvalue weighted by Gasteiger charge is 2.59.